The maximum atomic E-state index is 13.5. The topological polar surface area (TPSA) is 58.2 Å². The number of rotatable bonds is 6. The fourth-order valence-corrected chi connectivity index (χ4v) is 4.09. The van der Waals surface area contributed by atoms with Gasteiger partial charge in [0.15, 0.2) is 0 Å². The monoisotopic (exact) mass is 373 g/mol. The number of hydrogen-bond acceptors (Lipinski definition) is 5. The first-order chi connectivity index (χ1) is 12.7. The minimum Gasteiger partial charge on any atom is -0.377 e. The Balaban J connectivity index is 1.57. The molecule has 3 heterocycles. The third kappa shape index (κ3) is 4.00. The van der Waals surface area contributed by atoms with E-state index in [9.17, 15) is 9.18 Å². The molecule has 0 aliphatic carbocycles. The lowest BCUT2D eigenvalue weighted by molar-refractivity contribution is 0.0670. The molecular weight excluding hydrogens is 353 g/mol. The summed E-state index contributed by atoms with van der Waals surface area (Å²) in [5.74, 6) is 0.376. The zero-order valence-electron chi connectivity index (χ0n) is 14.3. The molecule has 26 heavy (non-hydrogen) atoms. The molecule has 0 amide bonds. The SMILES string of the molecule is O=c1[nH]c(CN(Cc2cccc(F)c2)C[C@@H]2CCCO2)nc2ccsc12. The predicted molar refractivity (Wildman–Crippen MR) is 99.7 cm³/mol. The van der Waals surface area contributed by atoms with E-state index >= 15 is 0 Å². The molecule has 1 aromatic carbocycles. The van der Waals surface area contributed by atoms with Gasteiger partial charge in [-0.15, -0.1) is 11.3 Å². The van der Waals surface area contributed by atoms with Crippen LogP contribution in [-0.4, -0.2) is 34.1 Å². The lowest BCUT2D eigenvalue weighted by Crippen LogP contribution is -2.32. The Kier molecular flexibility index (Phi) is 5.10. The fraction of sp³-hybridized carbons (Fsp3) is 0.368. The predicted octanol–water partition coefficient (Wildman–Crippen LogP) is 3.30. The normalized spacial score (nSPS) is 17.4. The zero-order valence-corrected chi connectivity index (χ0v) is 15.1. The highest BCUT2D eigenvalue weighted by molar-refractivity contribution is 7.17. The van der Waals surface area contributed by atoms with E-state index < -0.39 is 0 Å². The highest BCUT2D eigenvalue weighted by Crippen LogP contribution is 2.18. The number of aromatic amines is 1. The number of H-pyrrole nitrogens is 1. The van der Waals surface area contributed by atoms with Crippen molar-refractivity contribution >= 4 is 21.6 Å². The first-order valence-electron chi connectivity index (χ1n) is 8.72. The van der Waals surface area contributed by atoms with Gasteiger partial charge >= 0.3 is 0 Å². The Hall–Kier alpha value is -2.09. The smallest absolute Gasteiger partial charge is 0.268 e. The minimum absolute atomic E-state index is 0.108. The van der Waals surface area contributed by atoms with Gasteiger partial charge in [-0.2, -0.15) is 0 Å². The van der Waals surface area contributed by atoms with Gasteiger partial charge in [0.2, 0.25) is 0 Å². The molecule has 4 rings (SSSR count). The van der Waals surface area contributed by atoms with Gasteiger partial charge in [0.25, 0.3) is 5.56 Å². The summed E-state index contributed by atoms with van der Waals surface area (Å²) in [6.07, 6.45) is 2.25. The van der Waals surface area contributed by atoms with E-state index in [-0.39, 0.29) is 17.5 Å². The Morgan fingerprint density at radius 3 is 3.08 bits per heavy atom. The molecule has 0 saturated carbocycles. The standard InChI is InChI=1S/C19H20FN3O2S/c20-14-4-1-3-13(9-14)10-23(11-15-5-2-7-25-15)12-17-21-16-6-8-26-18(16)19(24)22-17/h1,3-4,6,8-9,15H,2,5,7,10-12H2,(H,21,22,24)/t15-/m0/s1. The van der Waals surface area contributed by atoms with Crippen LogP contribution in [0.3, 0.4) is 0 Å². The van der Waals surface area contributed by atoms with Crippen molar-refractivity contribution in [3.8, 4) is 0 Å². The van der Waals surface area contributed by atoms with E-state index in [1.807, 2.05) is 17.5 Å². The number of halogens is 1. The van der Waals surface area contributed by atoms with Crippen LogP contribution in [0.4, 0.5) is 4.39 Å². The second-order valence-electron chi connectivity index (χ2n) is 6.58. The van der Waals surface area contributed by atoms with Crippen molar-refractivity contribution in [2.45, 2.75) is 32.0 Å². The Morgan fingerprint density at radius 2 is 2.27 bits per heavy atom. The number of benzene rings is 1. The molecule has 1 aliphatic rings. The number of fused-ring (bicyclic) bond motifs is 1. The van der Waals surface area contributed by atoms with Crippen LogP contribution in [-0.2, 0) is 17.8 Å². The van der Waals surface area contributed by atoms with Crippen molar-refractivity contribution in [2.75, 3.05) is 13.2 Å². The molecule has 136 valence electrons. The van der Waals surface area contributed by atoms with Gasteiger partial charge in [0, 0.05) is 19.7 Å². The quantitative estimate of drug-likeness (QED) is 0.720. The molecule has 1 saturated heterocycles. The van der Waals surface area contributed by atoms with Gasteiger partial charge < -0.3 is 9.72 Å². The van der Waals surface area contributed by atoms with Gasteiger partial charge in [-0.05, 0) is 42.0 Å². The largest absolute Gasteiger partial charge is 0.377 e. The summed E-state index contributed by atoms with van der Waals surface area (Å²) >= 11 is 1.39. The van der Waals surface area contributed by atoms with Crippen LogP contribution in [0.5, 0.6) is 0 Å². The van der Waals surface area contributed by atoms with Crippen LogP contribution < -0.4 is 5.56 Å². The van der Waals surface area contributed by atoms with E-state index in [4.69, 9.17) is 4.74 Å². The summed E-state index contributed by atoms with van der Waals surface area (Å²) in [5.41, 5.74) is 1.50. The van der Waals surface area contributed by atoms with Crippen LogP contribution in [0.2, 0.25) is 0 Å². The van der Waals surface area contributed by atoms with Crippen molar-refractivity contribution in [2.24, 2.45) is 0 Å². The molecule has 0 bridgehead atoms. The van der Waals surface area contributed by atoms with Gasteiger partial charge in [-0.25, -0.2) is 9.37 Å². The van der Waals surface area contributed by atoms with Crippen molar-refractivity contribution in [3.05, 3.63) is 63.3 Å². The van der Waals surface area contributed by atoms with Gasteiger partial charge in [-0.1, -0.05) is 12.1 Å². The molecule has 2 aromatic heterocycles. The van der Waals surface area contributed by atoms with E-state index in [0.29, 0.717) is 23.6 Å². The molecule has 1 fully saturated rings. The van der Waals surface area contributed by atoms with E-state index in [2.05, 4.69) is 14.9 Å². The highest BCUT2D eigenvalue weighted by atomic mass is 32.1. The van der Waals surface area contributed by atoms with Crippen molar-refractivity contribution in [1.82, 2.24) is 14.9 Å². The summed E-state index contributed by atoms with van der Waals surface area (Å²) in [6.45, 7) is 2.57. The number of aromatic nitrogens is 2. The molecule has 1 aliphatic heterocycles. The first-order valence-corrected chi connectivity index (χ1v) is 9.60. The van der Waals surface area contributed by atoms with Gasteiger partial charge in [0.05, 0.1) is 18.2 Å². The van der Waals surface area contributed by atoms with Crippen LogP contribution in [0.1, 0.15) is 24.2 Å². The third-order valence-corrected chi connectivity index (χ3v) is 5.42. The number of nitrogens with one attached hydrogen (secondary N) is 1. The maximum absolute atomic E-state index is 13.5. The minimum atomic E-state index is -0.245. The zero-order chi connectivity index (χ0) is 17.9. The van der Waals surface area contributed by atoms with Crippen molar-refractivity contribution in [1.29, 1.82) is 0 Å². The van der Waals surface area contributed by atoms with E-state index in [0.717, 1.165) is 37.1 Å². The summed E-state index contributed by atoms with van der Waals surface area (Å²) in [5, 5.41) is 1.87. The molecule has 7 heteroatoms. The van der Waals surface area contributed by atoms with Crippen LogP contribution in [0.15, 0.2) is 40.5 Å². The number of thiophene rings is 1. The molecule has 0 unspecified atom stereocenters. The van der Waals surface area contributed by atoms with E-state index in [1.54, 1.807) is 12.1 Å². The molecular formula is C19H20FN3O2S. The molecule has 0 radical (unpaired) electrons. The summed E-state index contributed by atoms with van der Waals surface area (Å²) in [6, 6.07) is 8.46. The van der Waals surface area contributed by atoms with Crippen LogP contribution >= 0.6 is 11.3 Å². The summed E-state index contributed by atoms with van der Waals surface area (Å²) in [4.78, 5) is 21.8. The Bertz CT molecular complexity index is 949. The molecule has 1 atom stereocenters. The lowest BCUT2D eigenvalue weighted by Gasteiger charge is -2.24. The second-order valence-corrected chi connectivity index (χ2v) is 7.50. The first kappa shape index (κ1) is 17.3. The van der Waals surface area contributed by atoms with Crippen LogP contribution in [0, 0.1) is 5.82 Å². The molecule has 3 aromatic rings. The van der Waals surface area contributed by atoms with Crippen molar-refractivity contribution in [3.63, 3.8) is 0 Å². The average molecular weight is 373 g/mol. The summed E-state index contributed by atoms with van der Waals surface area (Å²) in [7, 11) is 0. The van der Waals surface area contributed by atoms with Crippen molar-refractivity contribution < 1.29 is 9.13 Å². The summed E-state index contributed by atoms with van der Waals surface area (Å²) < 4.78 is 19.9. The van der Waals surface area contributed by atoms with Gasteiger partial charge in [0.1, 0.15) is 16.3 Å². The van der Waals surface area contributed by atoms with Gasteiger partial charge in [-0.3, -0.25) is 9.69 Å². The Morgan fingerprint density at radius 1 is 1.35 bits per heavy atom. The Labute approximate surface area is 154 Å². The number of hydrogen-bond donors (Lipinski definition) is 1. The lowest BCUT2D eigenvalue weighted by atomic mass is 10.1. The number of ether oxygens (including phenoxy) is 1. The van der Waals surface area contributed by atoms with Crippen LogP contribution in [0.25, 0.3) is 10.2 Å². The molecule has 0 spiro atoms. The number of nitrogens with zero attached hydrogens (tertiary/aromatic N) is 2. The van der Waals surface area contributed by atoms with E-state index in [1.165, 1.54) is 17.4 Å². The maximum Gasteiger partial charge on any atom is 0.268 e. The highest BCUT2D eigenvalue weighted by Gasteiger charge is 2.20. The fourth-order valence-electron chi connectivity index (χ4n) is 3.36. The second kappa shape index (κ2) is 7.65. The average Bonchev–Trinajstić information content (AvgIpc) is 3.26. The molecule has 5 nitrogen and oxygen atoms in total. The third-order valence-electron chi connectivity index (χ3n) is 4.52. The molecule has 1 N–H and O–H groups in total.